The van der Waals surface area contributed by atoms with Crippen LogP contribution in [-0.2, 0) is 9.47 Å². The molecule has 0 aromatic carbocycles. The highest BCUT2D eigenvalue weighted by atomic mass is 16.6. The van der Waals surface area contributed by atoms with Crippen molar-refractivity contribution in [3.63, 3.8) is 0 Å². The number of aliphatic hydroxyl groups is 1. The molecule has 0 amide bonds. The normalized spacial score (nSPS) is 47.1. The predicted molar refractivity (Wildman–Crippen MR) is 34.7 cm³/mol. The highest BCUT2D eigenvalue weighted by molar-refractivity contribution is 4.86. The fourth-order valence-electron chi connectivity index (χ4n) is 1.63. The topological polar surface area (TPSA) is 38.7 Å². The van der Waals surface area contributed by atoms with Crippen molar-refractivity contribution in [3.8, 4) is 0 Å². The Kier molecular flexibility index (Phi) is 1.64. The molecule has 1 N–H and O–H groups in total. The van der Waals surface area contributed by atoms with E-state index in [-0.39, 0.29) is 18.3 Å². The molecule has 3 nitrogen and oxygen atoms in total. The van der Waals surface area contributed by atoms with E-state index < -0.39 is 0 Å². The van der Waals surface area contributed by atoms with Crippen LogP contribution in [0.4, 0.5) is 0 Å². The van der Waals surface area contributed by atoms with Gasteiger partial charge >= 0.3 is 0 Å². The van der Waals surface area contributed by atoms with Gasteiger partial charge in [-0.3, -0.25) is 0 Å². The zero-order valence-electron chi connectivity index (χ0n) is 5.82. The second-order valence-electron chi connectivity index (χ2n) is 2.92. The number of aliphatic hydroxyl groups excluding tert-OH is 1. The molecule has 0 aromatic heterocycles. The maximum atomic E-state index is 9.27. The molecule has 10 heavy (non-hydrogen) atoms. The molecule has 0 saturated carbocycles. The molecule has 2 fully saturated rings. The number of hydrogen-bond donors (Lipinski definition) is 1. The Morgan fingerprint density at radius 2 is 2.20 bits per heavy atom. The molecule has 0 bridgehead atoms. The summed E-state index contributed by atoms with van der Waals surface area (Å²) in [5, 5.41) is 9.27. The average molecular weight is 144 g/mol. The average Bonchev–Trinajstić information content (AvgIpc) is 2.34. The number of ether oxygens (including phenoxy) is 2. The van der Waals surface area contributed by atoms with Crippen LogP contribution in [0.15, 0.2) is 0 Å². The van der Waals surface area contributed by atoms with Crippen LogP contribution in [0.1, 0.15) is 12.8 Å². The van der Waals surface area contributed by atoms with Crippen molar-refractivity contribution >= 4 is 0 Å². The quantitative estimate of drug-likeness (QED) is 0.517. The highest BCUT2D eigenvalue weighted by Crippen LogP contribution is 2.25. The molecular formula is C7H12O3. The fraction of sp³-hybridized carbons (Fsp3) is 1.00. The van der Waals surface area contributed by atoms with Gasteiger partial charge in [-0.15, -0.1) is 0 Å². The first-order chi connectivity index (χ1) is 4.88. The zero-order valence-corrected chi connectivity index (χ0v) is 5.82. The number of fused-ring (bicyclic) bond motifs is 1. The van der Waals surface area contributed by atoms with Crippen molar-refractivity contribution in [3.05, 3.63) is 0 Å². The van der Waals surface area contributed by atoms with E-state index in [4.69, 9.17) is 9.47 Å². The summed E-state index contributed by atoms with van der Waals surface area (Å²) in [7, 11) is 0. The predicted octanol–water partition coefficient (Wildman–Crippen LogP) is -0.0749. The Labute approximate surface area is 59.9 Å². The monoisotopic (exact) mass is 144 g/mol. The van der Waals surface area contributed by atoms with E-state index in [1.54, 1.807) is 0 Å². The van der Waals surface area contributed by atoms with Gasteiger partial charge in [-0.1, -0.05) is 0 Å². The van der Waals surface area contributed by atoms with Gasteiger partial charge in [0.05, 0.1) is 12.7 Å². The first-order valence-corrected chi connectivity index (χ1v) is 3.79. The van der Waals surface area contributed by atoms with Crippen LogP contribution in [0.5, 0.6) is 0 Å². The lowest BCUT2D eigenvalue weighted by Crippen LogP contribution is -2.36. The Bertz CT molecular complexity index is 124. The molecule has 0 spiro atoms. The minimum atomic E-state index is -0.384. The number of rotatable bonds is 0. The minimum absolute atomic E-state index is 0.0336. The lowest BCUT2D eigenvalue weighted by atomic mass is 10.0. The molecule has 0 aliphatic carbocycles. The maximum absolute atomic E-state index is 9.27. The van der Waals surface area contributed by atoms with E-state index in [0.717, 1.165) is 19.4 Å². The highest BCUT2D eigenvalue weighted by Gasteiger charge is 2.38. The largest absolute Gasteiger partial charge is 0.388 e. The summed E-state index contributed by atoms with van der Waals surface area (Å²) in [5.74, 6) is 0. The molecule has 0 aromatic rings. The van der Waals surface area contributed by atoms with Gasteiger partial charge in [-0.05, 0) is 12.8 Å². The summed E-state index contributed by atoms with van der Waals surface area (Å²) in [6.45, 7) is 1.23. The lowest BCUT2D eigenvalue weighted by Gasteiger charge is -2.25. The molecule has 3 atom stereocenters. The molecule has 2 saturated heterocycles. The minimum Gasteiger partial charge on any atom is -0.388 e. The van der Waals surface area contributed by atoms with Crippen molar-refractivity contribution in [1.82, 2.24) is 0 Å². The fourth-order valence-corrected chi connectivity index (χ4v) is 1.63. The second kappa shape index (κ2) is 2.49. The third kappa shape index (κ3) is 0.944. The van der Waals surface area contributed by atoms with Gasteiger partial charge in [0, 0.05) is 6.61 Å². The smallest absolute Gasteiger partial charge is 0.112 e. The molecule has 2 aliphatic rings. The summed E-state index contributed by atoms with van der Waals surface area (Å²) < 4.78 is 10.6. The van der Waals surface area contributed by atoms with Crippen LogP contribution in [0, 0.1) is 0 Å². The van der Waals surface area contributed by atoms with Crippen LogP contribution >= 0.6 is 0 Å². The van der Waals surface area contributed by atoms with Gasteiger partial charge in [0.25, 0.3) is 0 Å². The Balaban J connectivity index is 2.01. The summed E-state index contributed by atoms with van der Waals surface area (Å²) in [4.78, 5) is 0. The van der Waals surface area contributed by atoms with Gasteiger partial charge in [0.2, 0.25) is 0 Å². The molecule has 2 heterocycles. The van der Waals surface area contributed by atoms with Crippen molar-refractivity contribution in [2.45, 2.75) is 31.2 Å². The van der Waals surface area contributed by atoms with Crippen LogP contribution in [0.25, 0.3) is 0 Å². The standard InChI is InChI=1S/C7H12O3/c8-5-4-10-6-2-1-3-9-7(5)6/h5-8H,1-4H2/t5-,6-,7-/m1/s1. The molecule has 2 aliphatic heterocycles. The third-order valence-electron chi connectivity index (χ3n) is 2.17. The first-order valence-electron chi connectivity index (χ1n) is 3.79. The van der Waals surface area contributed by atoms with Gasteiger partial charge in [-0.2, -0.15) is 0 Å². The first kappa shape index (κ1) is 6.58. The molecular weight excluding hydrogens is 132 g/mol. The molecule has 0 radical (unpaired) electrons. The Morgan fingerprint density at radius 3 is 3.00 bits per heavy atom. The Morgan fingerprint density at radius 1 is 1.30 bits per heavy atom. The zero-order chi connectivity index (χ0) is 6.97. The summed E-state index contributed by atoms with van der Waals surface area (Å²) in [6, 6.07) is 0. The lowest BCUT2D eigenvalue weighted by molar-refractivity contribution is -0.0688. The van der Waals surface area contributed by atoms with E-state index in [0.29, 0.717) is 6.61 Å². The van der Waals surface area contributed by atoms with Crippen LogP contribution in [0.3, 0.4) is 0 Å². The second-order valence-corrected chi connectivity index (χ2v) is 2.92. The van der Waals surface area contributed by atoms with Gasteiger partial charge in [0.15, 0.2) is 0 Å². The summed E-state index contributed by atoms with van der Waals surface area (Å²) in [5.41, 5.74) is 0. The molecule has 2 rings (SSSR count). The van der Waals surface area contributed by atoms with E-state index in [2.05, 4.69) is 0 Å². The van der Waals surface area contributed by atoms with Gasteiger partial charge in [0.1, 0.15) is 12.2 Å². The molecule has 58 valence electrons. The van der Waals surface area contributed by atoms with Gasteiger partial charge < -0.3 is 14.6 Å². The SMILES string of the molecule is O[C@@H]1CO[C@@H]2CCCO[C@H]12. The third-order valence-corrected chi connectivity index (χ3v) is 2.17. The molecule has 0 unspecified atom stereocenters. The molecule has 3 heteroatoms. The van der Waals surface area contributed by atoms with Crippen LogP contribution < -0.4 is 0 Å². The number of hydrogen-bond acceptors (Lipinski definition) is 3. The Hall–Kier alpha value is -0.120. The van der Waals surface area contributed by atoms with Crippen molar-refractivity contribution in [2.24, 2.45) is 0 Å². The summed E-state index contributed by atoms with van der Waals surface area (Å²) >= 11 is 0. The van der Waals surface area contributed by atoms with E-state index >= 15 is 0 Å². The van der Waals surface area contributed by atoms with Gasteiger partial charge in [-0.25, -0.2) is 0 Å². The van der Waals surface area contributed by atoms with Crippen LogP contribution in [-0.4, -0.2) is 36.6 Å². The maximum Gasteiger partial charge on any atom is 0.112 e. The van der Waals surface area contributed by atoms with E-state index in [9.17, 15) is 5.11 Å². The van der Waals surface area contributed by atoms with Crippen LogP contribution in [0.2, 0.25) is 0 Å². The van der Waals surface area contributed by atoms with E-state index in [1.807, 2.05) is 0 Å². The van der Waals surface area contributed by atoms with E-state index in [1.165, 1.54) is 0 Å². The summed E-state index contributed by atoms with van der Waals surface area (Å²) in [6.07, 6.45) is 1.86. The van der Waals surface area contributed by atoms with Crippen molar-refractivity contribution in [2.75, 3.05) is 13.2 Å². The van der Waals surface area contributed by atoms with Crippen molar-refractivity contribution < 1.29 is 14.6 Å². The van der Waals surface area contributed by atoms with Crippen molar-refractivity contribution in [1.29, 1.82) is 0 Å².